The summed E-state index contributed by atoms with van der Waals surface area (Å²) >= 11 is 3.32. The quantitative estimate of drug-likeness (QED) is 0.297. The van der Waals surface area contributed by atoms with Crippen LogP contribution in [0.4, 0.5) is 24.5 Å². The maximum Gasteiger partial charge on any atom is 0.278 e. The van der Waals surface area contributed by atoms with Crippen LogP contribution in [0, 0.1) is 11.6 Å². The highest BCUT2D eigenvalue weighted by Gasteiger charge is 2.18. The minimum absolute atomic E-state index is 0.0550. The first-order valence-electron chi connectivity index (χ1n) is 16.6. The monoisotopic (exact) mass is 782 g/mol. The van der Waals surface area contributed by atoms with Crippen molar-refractivity contribution in [2.75, 3.05) is 51.0 Å². The second-order valence-electron chi connectivity index (χ2n) is 11.6. The number of dihydropyridines is 1. The highest BCUT2D eigenvalue weighted by molar-refractivity contribution is 9.11. The SMILES string of the molecule is BrC1=COCCC1.C1=COCCC1.NC1=CC(F)=CNC1.Nc1cc(F)cn(C2=COCCC2)c1=O.Nc1cc(F)cn(C2CCCOC2)c1=O. The van der Waals surface area contributed by atoms with Gasteiger partial charge in [-0.15, -0.1) is 0 Å². The van der Waals surface area contributed by atoms with Crippen LogP contribution in [0.2, 0.25) is 0 Å². The lowest BCUT2D eigenvalue weighted by atomic mass is 10.1. The lowest BCUT2D eigenvalue weighted by molar-refractivity contribution is 0.0577. The van der Waals surface area contributed by atoms with E-state index in [9.17, 15) is 22.8 Å². The Morgan fingerprint density at radius 2 is 1.51 bits per heavy atom. The number of hydrogen-bond acceptors (Lipinski definition) is 10. The molecule has 1 saturated heterocycles. The first-order valence-corrected chi connectivity index (χ1v) is 17.4. The third-order valence-corrected chi connectivity index (χ3v) is 7.97. The average Bonchev–Trinajstić information content (AvgIpc) is 3.14. The van der Waals surface area contributed by atoms with Crippen molar-refractivity contribution in [2.45, 2.75) is 57.4 Å². The zero-order chi connectivity index (χ0) is 37.0. The molecule has 7 rings (SSSR count). The molecule has 5 aliphatic heterocycles. The van der Waals surface area contributed by atoms with Gasteiger partial charge >= 0.3 is 0 Å². The zero-order valence-corrected chi connectivity index (χ0v) is 29.9. The summed E-state index contributed by atoms with van der Waals surface area (Å²) in [4.78, 5) is 23.2. The van der Waals surface area contributed by atoms with Crippen molar-refractivity contribution in [1.82, 2.24) is 14.5 Å². The summed E-state index contributed by atoms with van der Waals surface area (Å²) in [6.45, 7) is 4.13. The van der Waals surface area contributed by atoms with E-state index in [-0.39, 0.29) is 28.8 Å². The van der Waals surface area contributed by atoms with Crippen LogP contribution in [0.5, 0.6) is 0 Å². The predicted octanol–water partition coefficient (Wildman–Crippen LogP) is 5.69. The molecule has 0 spiro atoms. The molecule has 0 amide bonds. The Kier molecular flexibility index (Phi) is 17.9. The molecule has 0 saturated carbocycles. The van der Waals surface area contributed by atoms with Crippen molar-refractivity contribution in [2.24, 2.45) is 5.73 Å². The van der Waals surface area contributed by atoms with Gasteiger partial charge in [0.1, 0.15) is 35.1 Å². The summed E-state index contributed by atoms with van der Waals surface area (Å²) in [5.74, 6) is -1.33. The van der Waals surface area contributed by atoms with E-state index in [0.29, 0.717) is 44.2 Å². The molecule has 16 heteroatoms. The molecule has 7 N–H and O–H groups in total. The van der Waals surface area contributed by atoms with E-state index in [0.717, 1.165) is 63.6 Å². The Morgan fingerprint density at radius 1 is 0.824 bits per heavy atom. The van der Waals surface area contributed by atoms with Gasteiger partial charge in [-0.05, 0) is 63.5 Å². The van der Waals surface area contributed by atoms with E-state index < -0.39 is 17.2 Å². The van der Waals surface area contributed by atoms with Crippen molar-refractivity contribution in [3.63, 3.8) is 0 Å². The van der Waals surface area contributed by atoms with Crippen LogP contribution in [0.1, 0.15) is 57.4 Å². The Morgan fingerprint density at radius 3 is 1.98 bits per heavy atom. The molecule has 1 fully saturated rings. The lowest BCUT2D eigenvalue weighted by Gasteiger charge is -2.24. The molecule has 51 heavy (non-hydrogen) atoms. The summed E-state index contributed by atoms with van der Waals surface area (Å²) in [7, 11) is 0. The lowest BCUT2D eigenvalue weighted by Crippen LogP contribution is -2.31. The first-order chi connectivity index (χ1) is 24.5. The third-order valence-electron chi connectivity index (χ3n) is 7.39. The van der Waals surface area contributed by atoms with Gasteiger partial charge in [0.2, 0.25) is 0 Å². The molecular weight excluding hydrogens is 737 g/mol. The van der Waals surface area contributed by atoms with Crippen LogP contribution in [0.3, 0.4) is 0 Å². The number of rotatable bonds is 2. The fraction of sp³-hybridized carbons (Fsp3) is 0.429. The number of anilines is 2. The minimum Gasteiger partial charge on any atom is -0.502 e. The van der Waals surface area contributed by atoms with Gasteiger partial charge < -0.3 is 46.0 Å². The number of nitrogen functional groups attached to an aromatic ring is 2. The van der Waals surface area contributed by atoms with Crippen molar-refractivity contribution in [1.29, 1.82) is 0 Å². The standard InChI is InChI=1S/C10H13FN2O2.C10H11FN2O2.C5H7BrO.C5H7FN2.C5H8O/c2*11-7-4-9(12)10(14)13(5-7)8-2-1-3-15-6-8;6-5-2-1-3-7-4-5;6-4-1-5(7)3-8-2-4;1-2-4-6-5-3-1/h4-5,8H,1-3,6,12H2;4-6H,1-3,12H2;4H,1-3H2;1-2,8H,3,7H2;2,4H,1,3,5H2. The Hall–Kier alpha value is -4.57. The number of nitrogens with zero attached hydrogens (tertiary/aromatic N) is 2. The predicted molar refractivity (Wildman–Crippen MR) is 195 cm³/mol. The molecule has 1 atom stereocenters. The van der Waals surface area contributed by atoms with Gasteiger partial charge in [-0.25, -0.2) is 13.2 Å². The maximum atomic E-state index is 13.1. The molecule has 2 aromatic heterocycles. The van der Waals surface area contributed by atoms with Gasteiger partial charge in [-0.2, -0.15) is 0 Å². The molecule has 7 heterocycles. The number of pyridine rings is 2. The number of allylic oxidation sites excluding steroid dienone is 5. The fourth-order valence-electron chi connectivity index (χ4n) is 4.87. The van der Waals surface area contributed by atoms with Crippen LogP contribution in [0.25, 0.3) is 5.70 Å². The molecule has 1 unspecified atom stereocenters. The highest BCUT2D eigenvalue weighted by atomic mass is 79.9. The largest absolute Gasteiger partial charge is 0.502 e. The van der Waals surface area contributed by atoms with Gasteiger partial charge in [-0.3, -0.25) is 14.2 Å². The van der Waals surface area contributed by atoms with Gasteiger partial charge in [0.25, 0.3) is 11.1 Å². The van der Waals surface area contributed by atoms with E-state index >= 15 is 0 Å². The maximum absolute atomic E-state index is 13.1. The van der Waals surface area contributed by atoms with Gasteiger partial charge in [-0.1, -0.05) is 15.9 Å². The molecule has 280 valence electrons. The van der Waals surface area contributed by atoms with E-state index in [1.807, 2.05) is 6.08 Å². The topological polar surface area (TPSA) is 171 Å². The van der Waals surface area contributed by atoms with E-state index in [1.54, 1.807) is 12.5 Å². The first kappa shape index (κ1) is 40.9. The smallest absolute Gasteiger partial charge is 0.278 e. The molecule has 0 aliphatic carbocycles. The Bertz CT molecular complexity index is 1680. The second-order valence-corrected chi connectivity index (χ2v) is 12.6. The van der Waals surface area contributed by atoms with Crippen LogP contribution < -0.4 is 33.6 Å². The van der Waals surface area contributed by atoms with Crippen LogP contribution >= 0.6 is 15.9 Å². The summed E-state index contributed by atoms with van der Waals surface area (Å²) in [6, 6.07) is 1.97. The van der Waals surface area contributed by atoms with Crippen molar-refractivity contribution in [3.05, 3.63) is 110 Å². The third kappa shape index (κ3) is 15.1. The minimum atomic E-state index is -0.529. The molecule has 2 aromatic rings. The van der Waals surface area contributed by atoms with Crippen molar-refractivity contribution >= 4 is 33.0 Å². The number of ether oxygens (including phenoxy) is 4. The number of halogens is 4. The molecular formula is C35H46BrF3N6O6. The van der Waals surface area contributed by atoms with Crippen molar-refractivity contribution < 1.29 is 32.1 Å². The Balaban J connectivity index is 0.000000181. The fourth-order valence-corrected chi connectivity index (χ4v) is 5.28. The molecule has 0 bridgehead atoms. The number of hydrogen-bond donors (Lipinski definition) is 4. The molecule has 12 nitrogen and oxygen atoms in total. The zero-order valence-electron chi connectivity index (χ0n) is 28.3. The average molecular weight is 784 g/mol. The summed E-state index contributed by atoms with van der Waals surface area (Å²) in [5, 5.41) is 2.65. The number of nitrogens with two attached hydrogens (primary N) is 3. The molecule has 5 aliphatic rings. The molecule has 0 aromatic carbocycles. The van der Waals surface area contributed by atoms with E-state index in [4.69, 9.17) is 36.1 Å². The number of aromatic nitrogens is 2. The van der Waals surface area contributed by atoms with Gasteiger partial charge in [0, 0.05) is 47.5 Å². The highest BCUT2D eigenvalue weighted by Crippen LogP contribution is 2.19. The van der Waals surface area contributed by atoms with E-state index in [1.165, 1.54) is 51.2 Å². The Labute approximate surface area is 303 Å². The van der Waals surface area contributed by atoms with Crippen LogP contribution in [0.15, 0.2) is 87.3 Å². The van der Waals surface area contributed by atoms with Crippen LogP contribution in [-0.2, 0) is 18.9 Å². The second kappa shape index (κ2) is 22.3. The summed E-state index contributed by atoms with van der Waals surface area (Å²) in [5.41, 5.74) is 16.3. The summed E-state index contributed by atoms with van der Waals surface area (Å²) < 4.78 is 62.1. The van der Waals surface area contributed by atoms with Crippen LogP contribution in [-0.4, -0.2) is 48.7 Å². The van der Waals surface area contributed by atoms with Gasteiger partial charge in [0.15, 0.2) is 0 Å². The normalized spacial score (nSPS) is 19.0. The van der Waals surface area contributed by atoms with Gasteiger partial charge in [0.05, 0.1) is 57.2 Å². The van der Waals surface area contributed by atoms with E-state index in [2.05, 4.69) is 21.2 Å². The summed E-state index contributed by atoms with van der Waals surface area (Å²) in [6.07, 6.45) is 19.8. The molecule has 0 radical (unpaired) electrons. The number of nitrogens with one attached hydrogen (secondary N) is 1. The van der Waals surface area contributed by atoms with Crippen molar-refractivity contribution in [3.8, 4) is 0 Å².